The summed E-state index contributed by atoms with van der Waals surface area (Å²) in [6.07, 6.45) is 7.75. The number of methoxy groups -OCH3 is 2. The Bertz CT molecular complexity index is 995. The largest absolute Gasteiger partial charge is 0.497 e. The minimum Gasteiger partial charge on any atom is -0.497 e. The summed E-state index contributed by atoms with van der Waals surface area (Å²) >= 11 is 0. The molecular formula is C23H31N3O4S. The van der Waals surface area contributed by atoms with Gasteiger partial charge < -0.3 is 9.47 Å². The molecule has 2 fully saturated rings. The van der Waals surface area contributed by atoms with Crippen molar-refractivity contribution in [1.82, 2.24) is 14.2 Å². The summed E-state index contributed by atoms with van der Waals surface area (Å²) in [4.78, 5) is 6.85. The van der Waals surface area contributed by atoms with Gasteiger partial charge in [-0.05, 0) is 61.4 Å². The lowest BCUT2D eigenvalue weighted by Gasteiger charge is -2.48. The van der Waals surface area contributed by atoms with Gasteiger partial charge in [0.25, 0.3) is 0 Å². The number of benzene rings is 1. The van der Waals surface area contributed by atoms with Crippen LogP contribution in [0.15, 0.2) is 47.6 Å². The van der Waals surface area contributed by atoms with Crippen LogP contribution in [-0.2, 0) is 16.6 Å². The van der Waals surface area contributed by atoms with Crippen molar-refractivity contribution in [1.29, 1.82) is 0 Å². The summed E-state index contributed by atoms with van der Waals surface area (Å²) in [5, 5.41) is 0. The standard InChI is InChI=1S/C23H31N3O4S/c1-29-20-7-8-21(30-2)22(14-20)31(27,28)26-13-5-10-23(18-26)9-4-12-25(17-23)16-19-6-3-11-24-15-19/h3,6-8,11,14-15H,4-5,9-10,12-13,16-18H2,1-2H3. The predicted octanol–water partition coefficient (Wildman–Crippen LogP) is 3.17. The minimum absolute atomic E-state index is 0.0160. The third-order valence-electron chi connectivity index (χ3n) is 6.48. The lowest BCUT2D eigenvalue weighted by molar-refractivity contribution is 0.0361. The number of hydrogen-bond acceptors (Lipinski definition) is 6. The quantitative estimate of drug-likeness (QED) is 0.680. The highest BCUT2D eigenvalue weighted by atomic mass is 32.2. The van der Waals surface area contributed by atoms with E-state index >= 15 is 0 Å². The Morgan fingerprint density at radius 3 is 2.58 bits per heavy atom. The van der Waals surface area contributed by atoms with Crippen molar-refractivity contribution in [3.8, 4) is 11.5 Å². The van der Waals surface area contributed by atoms with Crippen molar-refractivity contribution in [2.75, 3.05) is 40.4 Å². The average molecular weight is 446 g/mol. The van der Waals surface area contributed by atoms with Crippen molar-refractivity contribution in [3.05, 3.63) is 48.3 Å². The molecule has 1 aromatic carbocycles. The SMILES string of the molecule is COc1ccc(OC)c(S(=O)(=O)N2CCCC3(CCCN(Cc4cccnc4)C3)C2)c1. The summed E-state index contributed by atoms with van der Waals surface area (Å²) in [5.74, 6) is 0.855. The second-order valence-corrected chi connectivity index (χ2v) is 10.5. The van der Waals surface area contributed by atoms with Gasteiger partial charge in [0.2, 0.25) is 10.0 Å². The molecule has 2 aliphatic heterocycles. The molecule has 1 spiro atoms. The van der Waals surface area contributed by atoms with Crippen molar-refractivity contribution in [2.45, 2.75) is 37.1 Å². The Morgan fingerprint density at radius 2 is 1.87 bits per heavy atom. The van der Waals surface area contributed by atoms with E-state index in [1.165, 1.54) is 19.8 Å². The number of piperidine rings is 2. The van der Waals surface area contributed by atoms with Crippen LogP contribution in [-0.4, -0.2) is 63.0 Å². The van der Waals surface area contributed by atoms with Gasteiger partial charge in [0, 0.05) is 44.6 Å². The van der Waals surface area contributed by atoms with E-state index in [0.717, 1.165) is 45.3 Å². The molecule has 1 unspecified atom stereocenters. The van der Waals surface area contributed by atoms with Crippen molar-refractivity contribution in [2.24, 2.45) is 5.41 Å². The maximum absolute atomic E-state index is 13.6. The normalized spacial score (nSPS) is 23.0. The van der Waals surface area contributed by atoms with Crippen LogP contribution in [0.25, 0.3) is 0 Å². The third-order valence-corrected chi connectivity index (χ3v) is 8.35. The maximum atomic E-state index is 13.6. The van der Waals surface area contributed by atoms with Crippen molar-refractivity contribution < 1.29 is 17.9 Å². The van der Waals surface area contributed by atoms with Gasteiger partial charge in [-0.3, -0.25) is 9.88 Å². The third kappa shape index (κ3) is 4.71. The zero-order chi connectivity index (χ0) is 21.9. The Hall–Kier alpha value is -2.16. The number of aromatic nitrogens is 1. The number of nitrogens with zero attached hydrogens (tertiary/aromatic N) is 3. The molecule has 7 nitrogen and oxygen atoms in total. The average Bonchev–Trinajstić information content (AvgIpc) is 2.79. The van der Waals surface area contributed by atoms with E-state index in [1.54, 1.807) is 28.7 Å². The van der Waals surface area contributed by atoms with Gasteiger partial charge in [-0.2, -0.15) is 4.31 Å². The molecule has 4 rings (SSSR count). The van der Waals surface area contributed by atoms with Crippen LogP contribution in [0.4, 0.5) is 0 Å². The fraction of sp³-hybridized carbons (Fsp3) is 0.522. The highest BCUT2D eigenvalue weighted by molar-refractivity contribution is 7.89. The van der Waals surface area contributed by atoms with Gasteiger partial charge in [-0.25, -0.2) is 8.42 Å². The summed E-state index contributed by atoms with van der Waals surface area (Å²) in [6, 6.07) is 8.99. The second-order valence-electron chi connectivity index (χ2n) is 8.63. The lowest BCUT2D eigenvalue weighted by atomic mass is 9.74. The number of rotatable bonds is 6. The van der Waals surface area contributed by atoms with Gasteiger partial charge in [-0.1, -0.05) is 6.07 Å². The summed E-state index contributed by atoms with van der Waals surface area (Å²) in [7, 11) is -0.659. The van der Waals surface area contributed by atoms with Gasteiger partial charge in [0.05, 0.1) is 14.2 Å². The number of pyridine rings is 1. The zero-order valence-corrected chi connectivity index (χ0v) is 19.1. The number of likely N-dealkylation sites (tertiary alicyclic amines) is 1. The van der Waals surface area contributed by atoms with E-state index in [4.69, 9.17) is 9.47 Å². The van der Waals surface area contributed by atoms with Gasteiger partial charge in [0.15, 0.2) is 0 Å². The van der Waals surface area contributed by atoms with E-state index < -0.39 is 10.0 Å². The molecule has 0 bridgehead atoms. The van der Waals surface area contributed by atoms with Crippen LogP contribution in [0.1, 0.15) is 31.2 Å². The first kappa shape index (κ1) is 22.0. The number of hydrogen-bond donors (Lipinski definition) is 0. The Morgan fingerprint density at radius 1 is 1.06 bits per heavy atom. The van der Waals surface area contributed by atoms with Crippen LogP contribution < -0.4 is 9.47 Å². The van der Waals surface area contributed by atoms with Crippen LogP contribution in [0.3, 0.4) is 0 Å². The molecule has 0 saturated carbocycles. The molecule has 2 aliphatic rings. The molecule has 0 N–H and O–H groups in total. The fourth-order valence-electron chi connectivity index (χ4n) is 5.02. The highest BCUT2D eigenvalue weighted by Crippen LogP contribution is 2.41. The summed E-state index contributed by atoms with van der Waals surface area (Å²) in [5.41, 5.74) is 1.18. The fourth-order valence-corrected chi connectivity index (χ4v) is 6.78. The van der Waals surface area contributed by atoms with Crippen molar-refractivity contribution >= 4 is 10.0 Å². The van der Waals surface area contributed by atoms with Crippen LogP contribution in [0.5, 0.6) is 11.5 Å². The molecule has 0 aliphatic carbocycles. The first-order valence-electron chi connectivity index (χ1n) is 10.8. The molecule has 168 valence electrons. The summed E-state index contributed by atoms with van der Waals surface area (Å²) in [6.45, 7) is 3.87. The predicted molar refractivity (Wildman–Crippen MR) is 119 cm³/mol. The minimum atomic E-state index is -3.69. The van der Waals surface area contributed by atoms with E-state index in [2.05, 4.69) is 16.0 Å². The molecule has 31 heavy (non-hydrogen) atoms. The Labute approximate surface area is 185 Å². The summed E-state index contributed by atoms with van der Waals surface area (Å²) < 4.78 is 39.5. The van der Waals surface area contributed by atoms with Crippen LogP contribution >= 0.6 is 0 Å². The molecule has 2 aromatic rings. The van der Waals surface area contributed by atoms with E-state index in [0.29, 0.717) is 24.6 Å². The number of ether oxygens (including phenoxy) is 2. The maximum Gasteiger partial charge on any atom is 0.246 e. The molecule has 1 aromatic heterocycles. The van der Waals surface area contributed by atoms with E-state index in [-0.39, 0.29) is 10.3 Å². The first-order chi connectivity index (χ1) is 15.0. The number of sulfonamides is 1. The Balaban J connectivity index is 1.55. The first-order valence-corrected chi connectivity index (χ1v) is 12.2. The van der Waals surface area contributed by atoms with Gasteiger partial charge in [0.1, 0.15) is 16.4 Å². The monoisotopic (exact) mass is 445 g/mol. The topological polar surface area (TPSA) is 72.0 Å². The molecule has 3 heterocycles. The highest BCUT2D eigenvalue weighted by Gasteiger charge is 2.43. The molecular weight excluding hydrogens is 414 g/mol. The van der Waals surface area contributed by atoms with Crippen LogP contribution in [0, 0.1) is 5.41 Å². The van der Waals surface area contributed by atoms with Crippen molar-refractivity contribution in [3.63, 3.8) is 0 Å². The van der Waals surface area contributed by atoms with E-state index in [9.17, 15) is 8.42 Å². The van der Waals surface area contributed by atoms with Crippen LogP contribution in [0.2, 0.25) is 0 Å². The molecule has 8 heteroatoms. The molecule has 0 amide bonds. The van der Waals surface area contributed by atoms with Gasteiger partial charge in [-0.15, -0.1) is 0 Å². The van der Waals surface area contributed by atoms with Gasteiger partial charge >= 0.3 is 0 Å². The lowest BCUT2D eigenvalue weighted by Crippen LogP contribution is -2.53. The zero-order valence-electron chi connectivity index (χ0n) is 18.3. The van der Waals surface area contributed by atoms with E-state index in [1.807, 2.05) is 12.3 Å². The second kappa shape index (κ2) is 9.14. The molecule has 2 saturated heterocycles. The smallest absolute Gasteiger partial charge is 0.246 e. The molecule has 1 atom stereocenters. The molecule has 0 radical (unpaired) electrons. The Kier molecular flexibility index (Phi) is 6.50.